The lowest BCUT2D eigenvalue weighted by Gasteiger charge is -2.30. The second-order valence-electron chi connectivity index (χ2n) is 7.86. The lowest BCUT2D eigenvalue weighted by Crippen LogP contribution is -2.41. The molecule has 0 bridgehead atoms. The zero-order chi connectivity index (χ0) is 23.1. The van der Waals surface area contributed by atoms with Crippen molar-refractivity contribution in [1.29, 1.82) is 0 Å². The van der Waals surface area contributed by atoms with Crippen molar-refractivity contribution in [1.82, 2.24) is 4.90 Å². The second-order valence-corrected chi connectivity index (χ2v) is 7.86. The first-order valence-corrected chi connectivity index (χ1v) is 10.6. The minimum absolute atomic E-state index is 0.0130. The average molecular weight is 442 g/mol. The molecule has 0 aromatic heterocycles. The summed E-state index contributed by atoms with van der Waals surface area (Å²) in [5.41, 5.74) is 2.34. The molecule has 0 unspecified atom stereocenters. The highest BCUT2D eigenvalue weighted by Crippen LogP contribution is 2.29. The largest absolute Gasteiger partial charge is 0.497 e. The number of methoxy groups -OCH3 is 3. The van der Waals surface area contributed by atoms with Gasteiger partial charge in [-0.05, 0) is 62.7 Å². The standard InChI is InChI=1S/C24H31N3O5/c1-16-5-8-21(31-3)20(13-16)26-24(29)17-9-11-27(12-10-17)15-23(28)25-19-7-6-18(30-2)14-22(19)32-4/h5-8,13-14,17H,9-12,15H2,1-4H3,(H,25,28)(H,26,29). The van der Waals surface area contributed by atoms with Crippen LogP contribution in [-0.4, -0.2) is 57.7 Å². The van der Waals surface area contributed by atoms with Crippen molar-refractivity contribution in [3.63, 3.8) is 0 Å². The van der Waals surface area contributed by atoms with E-state index in [0.29, 0.717) is 54.6 Å². The number of likely N-dealkylation sites (tertiary alicyclic amines) is 1. The summed E-state index contributed by atoms with van der Waals surface area (Å²) >= 11 is 0. The van der Waals surface area contributed by atoms with Gasteiger partial charge in [0.25, 0.3) is 0 Å². The minimum atomic E-state index is -0.124. The number of carbonyl (C=O) groups is 2. The van der Waals surface area contributed by atoms with Crippen molar-refractivity contribution in [3.8, 4) is 17.2 Å². The number of rotatable bonds is 8. The van der Waals surface area contributed by atoms with Crippen LogP contribution in [0.2, 0.25) is 0 Å². The monoisotopic (exact) mass is 441 g/mol. The SMILES string of the molecule is COc1ccc(NC(=O)CN2CCC(C(=O)Nc3cc(C)ccc3OC)CC2)c(OC)c1. The molecule has 8 nitrogen and oxygen atoms in total. The first-order valence-electron chi connectivity index (χ1n) is 10.6. The number of anilines is 2. The van der Waals surface area contributed by atoms with Crippen LogP contribution in [0.15, 0.2) is 36.4 Å². The summed E-state index contributed by atoms with van der Waals surface area (Å²) < 4.78 is 15.9. The smallest absolute Gasteiger partial charge is 0.238 e. The number of nitrogens with zero attached hydrogens (tertiary/aromatic N) is 1. The van der Waals surface area contributed by atoms with E-state index in [0.717, 1.165) is 5.56 Å². The molecule has 2 aromatic carbocycles. The maximum atomic E-state index is 12.8. The van der Waals surface area contributed by atoms with Gasteiger partial charge in [0.05, 0.1) is 39.2 Å². The molecule has 0 saturated carbocycles. The zero-order valence-electron chi connectivity index (χ0n) is 19.1. The predicted molar refractivity (Wildman–Crippen MR) is 124 cm³/mol. The van der Waals surface area contributed by atoms with E-state index >= 15 is 0 Å². The summed E-state index contributed by atoms with van der Waals surface area (Å²) in [7, 11) is 4.71. The van der Waals surface area contributed by atoms with Gasteiger partial charge in [0, 0.05) is 12.0 Å². The van der Waals surface area contributed by atoms with Crippen molar-refractivity contribution in [2.24, 2.45) is 5.92 Å². The molecule has 172 valence electrons. The molecule has 0 spiro atoms. The Morgan fingerprint density at radius 3 is 2.28 bits per heavy atom. The number of ether oxygens (including phenoxy) is 3. The molecule has 1 aliphatic heterocycles. The summed E-state index contributed by atoms with van der Waals surface area (Å²) in [6.45, 7) is 3.59. The average Bonchev–Trinajstić information content (AvgIpc) is 2.80. The first-order chi connectivity index (χ1) is 15.4. The van der Waals surface area contributed by atoms with Crippen LogP contribution in [0.3, 0.4) is 0 Å². The number of piperidine rings is 1. The van der Waals surface area contributed by atoms with E-state index in [2.05, 4.69) is 15.5 Å². The van der Waals surface area contributed by atoms with Gasteiger partial charge in [-0.2, -0.15) is 0 Å². The van der Waals surface area contributed by atoms with Gasteiger partial charge in [0.1, 0.15) is 17.2 Å². The van der Waals surface area contributed by atoms with E-state index in [1.54, 1.807) is 39.5 Å². The number of amides is 2. The van der Waals surface area contributed by atoms with Gasteiger partial charge in [-0.15, -0.1) is 0 Å². The van der Waals surface area contributed by atoms with Crippen molar-refractivity contribution in [2.45, 2.75) is 19.8 Å². The van der Waals surface area contributed by atoms with Gasteiger partial charge >= 0.3 is 0 Å². The Hall–Kier alpha value is -3.26. The Morgan fingerprint density at radius 2 is 1.62 bits per heavy atom. The lowest BCUT2D eigenvalue weighted by atomic mass is 9.95. The highest BCUT2D eigenvalue weighted by Gasteiger charge is 2.26. The fourth-order valence-electron chi connectivity index (χ4n) is 3.80. The third-order valence-electron chi connectivity index (χ3n) is 5.62. The van der Waals surface area contributed by atoms with E-state index in [4.69, 9.17) is 14.2 Å². The summed E-state index contributed by atoms with van der Waals surface area (Å²) in [5, 5.41) is 5.89. The number of benzene rings is 2. The molecular formula is C24H31N3O5. The van der Waals surface area contributed by atoms with Crippen LogP contribution in [-0.2, 0) is 9.59 Å². The molecule has 0 aliphatic carbocycles. The number of aryl methyl sites for hydroxylation is 1. The molecule has 1 aliphatic rings. The van der Waals surface area contributed by atoms with E-state index in [1.807, 2.05) is 25.1 Å². The van der Waals surface area contributed by atoms with Crippen LogP contribution < -0.4 is 24.8 Å². The molecule has 3 rings (SSSR count). The van der Waals surface area contributed by atoms with Crippen LogP contribution in [0, 0.1) is 12.8 Å². The van der Waals surface area contributed by atoms with Crippen LogP contribution in [0.4, 0.5) is 11.4 Å². The van der Waals surface area contributed by atoms with Crippen molar-refractivity contribution in [3.05, 3.63) is 42.0 Å². The maximum absolute atomic E-state index is 12.8. The quantitative estimate of drug-likeness (QED) is 0.653. The fourth-order valence-corrected chi connectivity index (χ4v) is 3.80. The van der Waals surface area contributed by atoms with E-state index in [1.165, 1.54) is 0 Å². The molecule has 2 aromatic rings. The van der Waals surface area contributed by atoms with Crippen LogP contribution in [0.1, 0.15) is 18.4 Å². The van der Waals surface area contributed by atoms with Crippen molar-refractivity contribution in [2.75, 3.05) is 51.6 Å². The maximum Gasteiger partial charge on any atom is 0.238 e. The molecule has 0 atom stereocenters. The molecule has 8 heteroatoms. The second kappa shape index (κ2) is 10.9. The summed E-state index contributed by atoms with van der Waals surface area (Å²) in [6, 6.07) is 11.0. The van der Waals surface area contributed by atoms with Crippen LogP contribution in [0.25, 0.3) is 0 Å². The third-order valence-corrected chi connectivity index (χ3v) is 5.62. The van der Waals surface area contributed by atoms with E-state index < -0.39 is 0 Å². The molecular weight excluding hydrogens is 410 g/mol. The predicted octanol–water partition coefficient (Wildman–Crippen LogP) is 3.31. The summed E-state index contributed by atoms with van der Waals surface area (Å²) in [5.74, 6) is 1.61. The highest BCUT2D eigenvalue weighted by molar-refractivity contribution is 5.95. The fraction of sp³-hybridized carbons (Fsp3) is 0.417. The Kier molecular flexibility index (Phi) is 7.94. The molecule has 1 saturated heterocycles. The zero-order valence-corrected chi connectivity index (χ0v) is 19.1. The molecule has 32 heavy (non-hydrogen) atoms. The Labute approximate surface area is 188 Å². The molecule has 2 amide bonds. The van der Waals surface area contributed by atoms with Crippen LogP contribution >= 0.6 is 0 Å². The highest BCUT2D eigenvalue weighted by atomic mass is 16.5. The van der Waals surface area contributed by atoms with Gasteiger partial charge in [-0.25, -0.2) is 0 Å². The Morgan fingerprint density at radius 1 is 0.906 bits per heavy atom. The van der Waals surface area contributed by atoms with Gasteiger partial charge in [0.15, 0.2) is 0 Å². The van der Waals surface area contributed by atoms with Crippen LogP contribution in [0.5, 0.6) is 17.2 Å². The van der Waals surface area contributed by atoms with E-state index in [9.17, 15) is 9.59 Å². The number of nitrogens with one attached hydrogen (secondary N) is 2. The normalized spacial score (nSPS) is 14.5. The third kappa shape index (κ3) is 5.91. The molecule has 2 N–H and O–H groups in total. The van der Waals surface area contributed by atoms with Crippen molar-refractivity contribution >= 4 is 23.2 Å². The number of carbonyl (C=O) groups excluding carboxylic acids is 2. The first kappa shape index (κ1) is 23.4. The van der Waals surface area contributed by atoms with Crippen molar-refractivity contribution < 1.29 is 23.8 Å². The number of hydrogen-bond acceptors (Lipinski definition) is 6. The molecule has 1 fully saturated rings. The number of hydrogen-bond donors (Lipinski definition) is 2. The van der Waals surface area contributed by atoms with Gasteiger partial charge in [-0.3, -0.25) is 14.5 Å². The van der Waals surface area contributed by atoms with E-state index in [-0.39, 0.29) is 24.3 Å². The Bertz CT molecular complexity index is 955. The van der Waals surface area contributed by atoms with Gasteiger partial charge < -0.3 is 24.8 Å². The summed E-state index contributed by atoms with van der Waals surface area (Å²) in [4.78, 5) is 27.3. The Balaban J connectivity index is 1.50. The van der Waals surface area contributed by atoms with Gasteiger partial charge in [-0.1, -0.05) is 6.07 Å². The van der Waals surface area contributed by atoms with Gasteiger partial charge in [0.2, 0.25) is 11.8 Å². The topological polar surface area (TPSA) is 89.1 Å². The summed E-state index contributed by atoms with van der Waals surface area (Å²) in [6.07, 6.45) is 1.39. The lowest BCUT2D eigenvalue weighted by molar-refractivity contribution is -0.121. The molecule has 0 radical (unpaired) electrons. The minimum Gasteiger partial charge on any atom is -0.497 e. The molecule has 1 heterocycles.